The number of halogens is 2. The quantitative estimate of drug-likeness (QED) is 0.433. The predicted octanol–water partition coefficient (Wildman–Crippen LogP) is 5.37. The summed E-state index contributed by atoms with van der Waals surface area (Å²) in [7, 11) is 0. The Bertz CT molecular complexity index is 1290. The van der Waals surface area contributed by atoms with Gasteiger partial charge in [0, 0.05) is 28.5 Å². The van der Waals surface area contributed by atoms with E-state index in [1.54, 1.807) is 42.5 Å². The summed E-state index contributed by atoms with van der Waals surface area (Å²) < 4.78 is 0. The fourth-order valence-electron chi connectivity index (χ4n) is 3.55. The van der Waals surface area contributed by atoms with Crippen LogP contribution in [0.2, 0.25) is 5.02 Å². The van der Waals surface area contributed by atoms with Crippen molar-refractivity contribution in [2.45, 2.75) is 13.3 Å². The maximum absolute atomic E-state index is 12.8. The van der Waals surface area contributed by atoms with E-state index in [-0.39, 0.29) is 23.2 Å². The molecule has 0 saturated carbocycles. The Hall–Kier alpha value is -3.61. The van der Waals surface area contributed by atoms with Gasteiger partial charge in [-0.3, -0.25) is 19.3 Å². The Balaban J connectivity index is 1.40. The highest BCUT2D eigenvalue weighted by molar-refractivity contribution is 6.48. The predicted molar refractivity (Wildman–Crippen MR) is 134 cm³/mol. The number of hydrogen-bond donors (Lipinski definition) is 2. The summed E-state index contributed by atoms with van der Waals surface area (Å²) in [4.78, 5) is 39.0. The Kier molecular flexibility index (Phi) is 7.01. The number of aryl methyl sites for hydroxylation is 1. The molecule has 1 aliphatic rings. The first kappa shape index (κ1) is 23.5. The van der Waals surface area contributed by atoms with E-state index in [2.05, 4.69) is 10.6 Å². The standard InChI is InChI=1S/C26H21Cl2N3O3/c1-16-15-19(27)9-12-21(16)30-24(32)18-7-10-20(11-8-18)29-23-22(28)25(33)31(26(23)34)14-13-17-5-3-2-4-6-17/h2-12,15,29H,13-14H2,1H3,(H,30,32). The molecule has 4 rings (SSSR count). The summed E-state index contributed by atoms with van der Waals surface area (Å²) in [5.74, 6) is -1.29. The molecular weight excluding hydrogens is 473 g/mol. The molecule has 3 aromatic rings. The Morgan fingerprint density at radius 2 is 1.62 bits per heavy atom. The average molecular weight is 494 g/mol. The molecule has 3 amide bonds. The van der Waals surface area contributed by atoms with Crippen molar-refractivity contribution in [3.8, 4) is 0 Å². The number of amides is 3. The summed E-state index contributed by atoms with van der Waals surface area (Å²) in [5, 5.41) is 6.21. The van der Waals surface area contributed by atoms with E-state index in [0.717, 1.165) is 16.0 Å². The van der Waals surface area contributed by atoms with Gasteiger partial charge < -0.3 is 10.6 Å². The van der Waals surface area contributed by atoms with Gasteiger partial charge in [0.1, 0.15) is 10.7 Å². The van der Waals surface area contributed by atoms with Crippen molar-refractivity contribution >= 4 is 52.3 Å². The summed E-state index contributed by atoms with van der Waals surface area (Å²) in [6.07, 6.45) is 0.534. The minimum atomic E-state index is -0.528. The molecule has 0 spiro atoms. The van der Waals surface area contributed by atoms with Crippen molar-refractivity contribution in [2.24, 2.45) is 0 Å². The molecule has 34 heavy (non-hydrogen) atoms. The number of imide groups is 1. The zero-order chi connectivity index (χ0) is 24.2. The zero-order valence-corrected chi connectivity index (χ0v) is 19.8. The molecule has 8 heteroatoms. The number of rotatable bonds is 7. The van der Waals surface area contributed by atoms with E-state index in [9.17, 15) is 14.4 Å². The lowest BCUT2D eigenvalue weighted by molar-refractivity contribution is -0.137. The number of hydrogen-bond acceptors (Lipinski definition) is 4. The third-order valence-electron chi connectivity index (χ3n) is 5.43. The van der Waals surface area contributed by atoms with Crippen LogP contribution in [0.1, 0.15) is 21.5 Å². The van der Waals surface area contributed by atoms with Crippen LogP contribution in [0, 0.1) is 6.92 Å². The summed E-state index contributed by atoms with van der Waals surface area (Å²) in [6, 6.07) is 21.3. The van der Waals surface area contributed by atoms with Crippen LogP contribution in [-0.2, 0) is 16.0 Å². The van der Waals surface area contributed by atoms with Gasteiger partial charge in [0.15, 0.2) is 0 Å². The smallest absolute Gasteiger partial charge is 0.278 e. The maximum atomic E-state index is 12.8. The highest BCUT2D eigenvalue weighted by Gasteiger charge is 2.37. The highest BCUT2D eigenvalue weighted by atomic mass is 35.5. The molecule has 0 unspecified atom stereocenters. The van der Waals surface area contributed by atoms with Gasteiger partial charge in [-0.2, -0.15) is 0 Å². The second-order valence-corrected chi connectivity index (χ2v) is 8.62. The lowest BCUT2D eigenvalue weighted by atomic mass is 10.1. The molecule has 0 bridgehead atoms. The Morgan fingerprint density at radius 1 is 0.912 bits per heavy atom. The molecule has 0 atom stereocenters. The summed E-state index contributed by atoms with van der Waals surface area (Å²) >= 11 is 12.1. The number of anilines is 2. The van der Waals surface area contributed by atoms with Gasteiger partial charge in [0.2, 0.25) is 0 Å². The second kappa shape index (κ2) is 10.1. The maximum Gasteiger partial charge on any atom is 0.278 e. The van der Waals surface area contributed by atoms with E-state index < -0.39 is 11.8 Å². The van der Waals surface area contributed by atoms with Gasteiger partial charge in [-0.05, 0) is 66.9 Å². The average Bonchev–Trinajstić information content (AvgIpc) is 3.03. The highest BCUT2D eigenvalue weighted by Crippen LogP contribution is 2.26. The molecule has 1 heterocycles. The van der Waals surface area contributed by atoms with E-state index >= 15 is 0 Å². The molecule has 0 saturated heterocycles. The first-order valence-electron chi connectivity index (χ1n) is 10.6. The van der Waals surface area contributed by atoms with Crippen LogP contribution in [0.3, 0.4) is 0 Å². The van der Waals surface area contributed by atoms with E-state index in [4.69, 9.17) is 23.2 Å². The van der Waals surface area contributed by atoms with E-state index in [1.165, 1.54) is 0 Å². The molecule has 172 valence electrons. The molecule has 3 aromatic carbocycles. The first-order valence-corrected chi connectivity index (χ1v) is 11.3. The first-order chi connectivity index (χ1) is 16.3. The van der Waals surface area contributed by atoms with Gasteiger partial charge in [-0.15, -0.1) is 0 Å². The van der Waals surface area contributed by atoms with Crippen molar-refractivity contribution in [1.82, 2.24) is 4.90 Å². The summed E-state index contributed by atoms with van der Waals surface area (Å²) in [5.41, 5.74) is 3.51. The minimum absolute atomic E-state index is 0.0220. The van der Waals surface area contributed by atoms with Gasteiger partial charge in [-0.1, -0.05) is 53.5 Å². The van der Waals surface area contributed by atoms with Crippen LogP contribution in [0.15, 0.2) is 83.5 Å². The SMILES string of the molecule is Cc1cc(Cl)ccc1NC(=O)c1ccc(NC2=C(Cl)C(=O)N(CCc3ccccc3)C2=O)cc1. The van der Waals surface area contributed by atoms with E-state index in [0.29, 0.717) is 28.4 Å². The second-order valence-electron chi connectivity index (χ2n) is 7.80. The van der Waals surface area contributed by atoms with Crippen LogP contribution in [-0.4, -0.2) is 29.2 Å². The third-order valence-corrected chi connectivity index (χ3v) is 6.02. The van der Waals surface area contributed by atoms with Gasteiger partial charge in [0.05, 0.1) is 0 Å². The van der Waals surface area contributed by atoms with Crippen molar-refractivity contribution in [3.05, 3.63) is 105 Å². The third kappa shape index (κ3) is 5.14. The molecule has 1 aliphatic heterocycles. The molecular formula is C26H21Cl2N3O3. The normalized spacial score (nSPS) is 13.4. The lowest BCUT2D eigenvalue weighted by Crippen LogP contribution is -2.34. The van der Waals surface area contributed by atoms with Crippen molar-refractivity contribution in [1.29, 1.82) is 0 Å². The molecule has 0 aromatic heterocycles. The van der Waals surface area contributed by atoms with Crippen LogP contribution in [0.4, 0.5) is 11.4 Å². The number of carbonyl (C=O) groups excluding carboxylic acids is 3. The molecule has 6 nitrogen and oxygen atoms in total. The molecule has 2 N–H and O–H groups in total. The number of nitrogens with zero attached hydrogens (tertiary/aromatic N) is 1. The van der Waals surface area contributed by atoms with Crippen LogP contribution in [0.25, 0.3) is 0 Å². The van der Waals surface area contributed by atoms with Crippen molar-refractivity contribution in [3.63, 3.8) is 0 Å². The molecule has 0 fully saturated rings. The van der Waals surface area contributed by atoms with Crippen molar-refractivity contribution < 1.29 is 14.4 Å². The van der Waals surface area contributed by atoms with Gasteiger partial charge >= 0.3 is 0 Å². The lowest BCUT2D eigenvalue weighted by Gasteiger charge is -2.15. The Labute approximate surface area is 207 Å². The number of nitrogens with one attached hydrogen (secondary N) is 2. The van der Waals surface area contributed by atoms with Crippen LogP contribution >= 0.6 is 23.2 Å². The molecule has 0 aliphatic carbocycles. The van der Waals surface area contributed by atoms with Gasteiger partial charge in [-0.25, -0.2) is 0 Å². The fraction of sp³-hybridized carbons (Fsp3) is 0.115. The molecule has 0 radical (unpaired) electrons. The number of carbonyl (C=O) groups is 3. The topological polar surface area (TPSA) is 78.5 Å². The van der Waals surface area contributed by atoms with E-state index in [1.807, 2.05) is 37.3 Å². The van der Waals surface area contributed by atoms with Gasteiger partial charge in [0.25, 0.3) is 17.7 Å². The fourth-order valence-corrected chi connectivity index (χ4v) is 4.01. The minimum Gasteiger partial charge on any atom is -0.350 e. The monoisotopic (exact) mass is 493 g/mol. The van der Waals surface area contributed by atoms with Crippen LogP contribution < -0.4 is 10.6 Å². The summed E-state index contributed by atoms with van der Waals surface area (Å²) in [6.45, 7) is 2.08. The number of benzene rings is 3. The zero-order valence-electron chi connectivity index (χ0n) is 18.3. The van der Waals surface area contributed by atoms with Crippen molar-refractivity contribution in [2.75, 3.05) is 17.2 Å². The Morgan fingerprint density at radius 3 is 2.29 bits per heavy atom. The largest absolute Gasteiger partial charge is 0.350 e. The van der Waals surface area contributed by atoms with Crippen LogP contribution in [0.5, 0.6) is 0 Å².